The summed E-state index contributed by atoms with van der Waals surface area (Å²) in [7, 11) is 1.38. The SMILES string of the molecule is COc1ccnc(C(=O)N[C@H]2COCC(CCCc3ccccc3)CC(C)OC2=O)c1OC(C)=O. The summed E-state index contributed by atoms with van der Waals surface area (Å²) >= 11 is 0. The van der Waals surface area contributed by atoms with E-state index in [2.05, 4.69) is 22.4 Å². The number of hydrogen-bond donors (Lipinski definition) is 1. The molecule has 1 N–H and O–H groups in total. The molecule has 0 saturated carbocycles. The molecule has 0 bridgehead atoms. The van der Waals surface area contributed by atoms with Crippen LogP contribution in [0, 0.1) is 5.92 Å². The molecule has 3 atom stereocenters. The number of aromatic nitrogens is 1. The Morgan fingerprint density at radius 3 is 2.66 bits per heavy atom. The summed E-state index contributed by atoms with van der Waals surface area (Å²) < 4.78 is 21.7. The quantitative estimate of drug-likeness (QED) is 0.569. The van der Waals surface area contributed by atoms with Crippen LogP contribution in [0.5, 0.6) is 11.5 Å². The Morgan fingerprint density at radius 1 is 1.17 bits per heavy atom. The molecule has 1 amide bonds. The molecule has 0 radical (unpaired) electrons. The molecule has 2 unspecified atom stereocenters. The Labute approximate surface area is 205 Å². The largest absolute Gasteiger partial charge is 0.493 e. The van der Waals surface area contributed by atoms with Crippen molar-refractivity contribution in [2.24, 2.45) is 5.92 Å². The normalized spacial score (nSPS) is 20.5. The van der Waals surface area contributed by atoms with Crippen LogP contribution in [0.25, 0.3) is 0 Å². The molecule has 0 spiro atoms. The predicted molar refractivity (Wildman–Crippen MR) is 127 cm³/mol. The number of aryl methyl sites for hydroxylation is 1. The molecule has 1 aliphatic heterocycles. The zero-order chi connectivity index (χ0) is 25.2. The molecule has 2 aromatic rings. The van der Waals surface area contributed by atoms with Crippen molar-refractivity contribution in [2.45, 2.75) is 51.7 Å². The van der Waals surface area contributed by atoms with E-state index in [-0.39, 0.29) is 35.8 Å². The van der Waals surface area contributed by atoms with Gasteiger partial charge in [0.25, 0.3) is 5.91 Å². The molecular weight excluding hydrogens is 452 g/mol. The van der Waals surface area contributed by atoms with Crippen LogP contribution in [0.1, 0.15) is 49.2 Å². The van der Waals surface area contributed by atoms with Crippen LogP contribution in [0.2, 0.25) is 0 Å². The van der Waals surface area contributed by atoms with Gasteiger partial charge in [0.1, 0.15) is 0 Å². The van der Waals surface area contributed by atoms with Gasteiger partial charge in [-0.25, -0.2) is 9.78 Å². The number of benzene rings is 1. The van der Waals surface area contributed by atoms with Gasteiger partial charge in [-0.2, -0.15) is 0 Å². The highest BCUT2D eigenvalue weighted by Crippen LogP contribution is 2.30. The molecule has 188 valence electrons. The minimum absolute atomic E-state index is 0.0423. The van der Waals surface area contributed by atoms with E-state index in [4.69, 9.17) is 18.9 Å². The highest BCUT2D eigenvalue weighted by molar-refractivity contribution is 5.98. The fourth-order valence-corrected chi connectivity index (χ4v) is 4.05. The van der Waals surface area contributed by atoms with Crippen molar-refractivity contribution in [3.8, 4) is 11.5 Å². The zero-order valence-corrected chi connectivity index (χ0v) is 20.3. The third-order valence-electron chi connectivity index (χ3n) is 5.68. The number of rotatable bonds is 8. The molecular formula is C26H32N2O7. The van der Waals surface area contributed by atoms with Crippen LogP contribution >= 0.6 is 0 Å². The predicted octanol–water partition coefficient (Wildman–Crippen LogP) is 3.11. The molecule has 1 aliphatic rings. The molecule has 1 fully saturated rings. The Bertz CT molecular complexity index is 1010. The van der Waals surface area contributed by atoms with Crippen LogP contribution in [0.4, 0.5) is 0 Å². The van der Waals surface area contributed by atoms with Crippen LogP contribution in [-0.4, -0.2) is 55.3 Å². The first-order chi connectivity index (χ1) is 16.9. The monoisotopic (exact) mass is 484 g/mol. The average molecular weight is 485 g/mol. The number of ether oxygens (including phenoxy) is 4. The Morgan fingerprint density at radius 2 is 1.94 bits per heavy atom. The van der Waals surface area contributed by atoms with E-state index in [0.29, 0.717) is 13.0 Å². The van der Waals surface area contributed by atoms with Gasteiger partial charge < -0.3 is 24.3 Å². The van der Waals surface area contributed by atoms with Crippen molar-refractivity contribution in [3.63, 3.8) is 0 Å². The van der Waals surface area contributed by atoms with Gasteiger partial charge >= 0.3 is 11.9 Å². The molecule has 1 aromatic heterocycles. The fourth-order valence-electron chi connectivity index (χ4n) is 4.05. The second-order valence-corrected chi connectivity index (χ2v) is 8.58. The van der Waals surface area contributed by atoms with E-state index >= 15 is 0 Å². The first-order valence-electron chi connectivity index (χ1n) is 11.7. The maximum Gasteiger partial charge on any atom is 0.331 e. The summed E-state index contributed by atoms with van der Waals surface area (Å²) in [6.45, 7) is 3.46. The van der Waals surface area contributed by atoms with Crippen LogP contribution in [0.3, 0.4) is 0 Å². The first kappa shape index (κ1) is 26.2. The summed E-state index contributed by atoms with van der Waals surface area (Å²) in [5.74, 6) is -1.66. The summed E-state index contributed by atoms with van der Waals surface area (Å²) in [6, 6.07) is 10.7. The van der Waals surface area contributed by atoms with Gasteiger partial charge in [0, 0.05) is 25.8 Å². The second-order valence-electron chi connectivity index (χ2n) is 8.58. The highest BCUT2D eigenvalue weighted by atomic mass is 16.6. The molecule has 2 heterocycles. The second kappa shape index (κ2) is 12.9. The fraction of sp³-hybridized carbons (Fsp3) is 0.462. The van der Waals surface area contributed by atoms with Gasteiger partial charge in [-0.15, -0.1) is 0 Å². The summed E-state index contributed by atoms with van der Waals surface area (Å²) in [5, 5.41) is 2.60. The number of hydrogen-bond acceptors (Lipinski definition) is 8. The van der Waals surface area contributed by atoms with E-state index < -0.39 is 23.9 Å². The Balaban J connectivity index is 1.62. The lowest BCUT2D eigenvalue weighted by Crippen LogP contribution is -2.45. The molecule has 35 heavy (non-hydrogen) atoms. The van der Waals surface area contributed by atoms with Crippen molar-refractivity contribution in [1.29, 1.82) is 0 Å². The first-order valence-corrected chi connectivity index (χ1v) is 11.7. The molecule has 3 rings (SSSR count). The van der Waals surface area contributed by atoms with Gasteiger partial charge in [-0.1, -0.05) is 30.3 Å². The van der Waals surface area contributed by atoms with Crippen LogP contribution in [0.15, 0.2) is 42.6 Å². The van der Waals surface area contributed by atoms with E-state index in [1.807, 2.05) is 25.1 Å². The lowest BCUT2D eigenvalue weighted by atomic mass is 9.95. The number of pyridine rings is 1. The van der Waals surface area contributed by atoms with Gasteiger partial charge in [0.2, 0.25) is 5.75 Å². The topological polar surface area (TPSA) is 113 Å². The van der Waals surface area contributed by atoms with Crippen molar-refractivity contribution in [2.75, 3.05) is 20.3 Å². The maximum absolute atomic E-state index is 13.0. The maximum atomic E-state index is 13.0. The van der Waals surface area contributed by atoms with Gasteiger partial charge in [0.15, 0.2) is 17.5 Å². The number of nitrogens with zero attached hydrogens (tertiary/aromatic N) is 1. The minimum atomic E-state index is -1.04. The van der Waals surface area contributed by atoms with Crippen LogP contribution < -0.4 is 14.8 Å². The molecule has 9 nitrogen and oxygen atoms in total. The number of esters is 2. The van der Waals surface area contributed by atoms with Gasteiger partial charge in [0.05, 0.1) is 19.8 Å². The Kier molecular flexibility index (Phi) is 9.60. The lowest BCUT2D eigenvalue weighted by molar-refractivity contribution is -0.151. The van der Waals surface area contributed by atoms with E-state index in [9.17, 15) is 14.4 Å². The number of nitrogens with one attached hydrogen (secondary N) is 1. The third-order valence-corrected chi connectivity index (χ3v) is 5.68. The van der Waals surface area contributed by atoms with Crippen molar-refractivity contribution in [1.82, 2.24) is 10.3 Å². The van der Waals surface area contributed by atoms with Crippen LogP contribution in [-0.2, 0) is 25.5 Å². The third kappa shape index (κ3) is 7.78. The number of carbonyl (C=O) groups excluding carboxylic acids is 3. The molecule has 0 aliphatic carbocycles. The van der Waals surface area contributed by atoms with Gasteiger partial charge in [-0.3, -0.25) is 9.59 Å². The number of cyclic esters (lactones) is 1. The van der Waals surface area contributed by atoms with Crippen molar-refractivity contribution >= 4 is 17.8 Å². The number of carbonyl (C=O) groups is 3. The zero-order valence-electron chi connectivity index (χ0n) is 20.3. The molecule has 1 saturated heterocycles. The minimum Gasteiger partial charge on any atom is -0.493 e. The summed E-state index contributed by atoms with van der Waals surface area (Å²) in [5.41, 5.74) is 1.11. The standard InChI is InChI=1S/C26H32N2O7/c1-17-14-20(11-7-10-19-8-5-4-6-9-19)15-33-16-21(26(31)34-17)28-25(30)23-24(35-18(2)29)22(32-3)12-13-27-23/h4-6,8-9,12-13,17,20-21H,7,10-11,14-16H2,1-3H3,(H,28,30)/t17?,20?,21-/m0/s1. The summed E-state index contributed by atoms with van der Waals surface area (Å²) in [4.78, 5) is 41.2. The van der Waals surface area contributed by atoms with E-state index in [0.717, 1.165) is 19.3 Å². The summed E-state index contributed by atoms with van der Waals surface area (Å²) in [6.07, 6.45) is 4.61. The highest BCUT2D eigenvalue weighted by Gasteiger charge is 2.30. The Hall–Kier alpha value is -3.46. The van der Waals surface area contributed by atoms with Gasteiger partial charge in [-0.05, 0) is 44.1 Å². The lowest BCUT2D eigenvalue weighted by Gasteiger charge is -2.20. The van der Waals surface area contributed by atoms with Crippen molar-refractivity contribution in [3.05, 3.63) is 53.9 Å². The number of amides is 1. The van der Waals surface area contributed by atoms with E-state index in [1.54, 1.807) is 0 Å². The average Bonchev–Trinajstić information content (AvgIpc) is 2.89. The smallest absolute Gasteiger partial charge is 0.331 e. The van der Waals surface area contributed by atoms with Crippen molar-refractivity contribution < 1.29 is 33.3 Å². The number of methoxy groups -OCH3 is 1. The van der Waals surface area contributed by atoms with E-state index in [1.165, 1.54) is 31.9 Å². The molecule has 1 aromatic carbocycles. The molecule has 9 heteroatoms.